The highest BCUT2D eigenvalue weighted by Gasteiger charge is 2.44. The highest BCUT2D eigenvalue weighted by atomic mass is 28.4. The van der Waals surface area contributed by atoms with Gasteiger partial charge in [-0.15, -0.1) is 0 Å². The average Bonchev–Trinajstić information content (AvgIpc) is 3.46. The lowest BCUT2D eigenvalue weighted by Gasteiger charge is -2.36. The maximum Gasteiger partial charge on any atom is 0.417 e. The van der Waals surface area contributed by atoms with E-state index in [4.69, 9.17) is 9.16 Å². The van der Waals surface area contributed by atoms with Crippen molar-refractivity contribution in [2.24, 2.45) is 5.92 Å². The second-order valence-corrected chi connectivity index (χ2v) is 18.7. The van der Waals surface area contributed by atoms with Gasteiger partial charge in [-0.3, -0.25) is 4.79 Å². The smallest absolute Gasteiger partial charge is 0.417 e. The van der Waals surface area contributed by atoms with E-state index >= 15 is 0 Å². The summed E-state index contributed by atoms with van der Waals surface area (Å²) in [6, 6.07) is 26.8. The van der Waals surface area contributed by atoms with Crippen molar-refractivity contribution in [3.05, 3.63) is 131 Å². The zero-order valence-corrected chi connectivity index (χ0v) is 29.5. The summed E-state index contributed by atoms with van der Waals surface area (Å²) in [5, 5.41) is 14.6. The molecule has 1 saturated heterocycles. The van der Waals surface area contributed by atoms with Gasteiger partial charge in [0, 0.05) is 5.69 Å². The molecule has 258 valence electrons. The average molecular weight is 687 g/mol. The molecule has 1 heterocycles. The van der Waals surface area contributed by atoms with Gasteiger partial charge in [-0.2, -0.15) is 0 Å². The number of nitrogens with zero attached hydrogens (tertiary/aromatic N) is 1. The van der Waals surface area contributed by atoms with Gasteiger partial charge in [0.05, 0.1) is 18.1 Å². The summed E-state index contributed by atoms with van der Waals surface area (Å²) in [7, 11) is -2.14. The number of cyclic esters (lactones) is 1. The second-order valence-electron chi connectivity index (χ2n) is 14.0. The summed E-state index contributed by atoms with van der Waals surface area (Å²) in [5.74, 6) is -1.51. The van der Waals surface area contributed by atoms with E-state index in [0.29, 0.717) is 17.0 Å². The van der Waals surface area contributed by atoms with Crippen LogP contribution in [-0.2, 0) is 9.53 Å². The number of carbonyl (C=O) groups is 2. The van der Waals surface area contributed by atoms with Crippen molar-refractivity contribution in [2.45, 2.75) is 69.9 Å². The van der Waals surface area contributed by atoms with E-state index in [-0.39, 0.29) is 24.5 Å². The number of nitrogens with one attached hydrogen (secondary N) is 1. The molecule has 7 nitrogen and oxygen atoms in total. The van der Waals surface area contributed by atoms with Crippen molar-refractivity contribution >= 4 is 26.0 Å². The zero-order chi connectivity index (χ0) is 35.3. The predicted molar refractivity (Wildman–Crippen MR) is 188 cm³/mol. The fraction of sp³-hybridized carbons (Fsp3) is 0.333. The lowest BCUT2D eigenvalue weighted by Crippen LogP contribution is -2.43. The largest absolute Gasteiger partial charge is 0.544 e. The molecular weight excluding hydrogens is 643 g/mol. The van der Waals surface area contributed by atoms with Gasteiger partial charge in [0.25, 0.3) is 0 Å². The van der Waals surface area contributed by atoms with Gasteiger partial charge in [0.2, 0.25) is 14.2 Å². The monoisotopic (exact) mass is 686 g/mol. The number of halogens is 2. The van der Waals surface area contributed by atoms with Crippen LogP contribution < -0.4 is 9.74 Å². The topological polar surface area (TPSA) is 88.1 Å². The van der Waals surface area contributed by atoms with Gasteiger partial charge < -0.3 is 19.6 Å². The minimum absolute atomic E-state index is 0.00898. The number of benzene rings is 4. The summed E-state index contributed by atoms with van der Waals surface area (Å²) in [4.78, 5) is 29.1. The van der Waals surface area contributed by atoms with Crippen LogP contribution in [0.3, 0.4) is 0 Å². The predicted octanol–water partition coefficient (Wildman–Crippen LogP) is 9.35. The summed E-state index contributed by atoms with van der Waals surface area (Å²) in [6.07, 6.45) is -1.47. The number of ether oxygens (including phenoxy) is 1. The minimum atomic E-state index is -2.14. The van der Waals surface area contributed by atoms with Crippen LogP contribution >= 0.6 is 0 Å². The van der Waals surface area contributed by atoms with Crippen LogP contribution in [0.5, 0.6) is 5.75 Å². The van der Waals surface area contributed by atoms with E-state index in [0.717, 1.165) is 11.1 Å². The molecule has 2 N–H and O–H groups in total. The van der Waals surface area contributed by atoms with Gasteiger partial charge in [-0.05, 0) is 96.2 Å². The first-order valence-electron chi connectivity index (χ1n) is 16.5. The Labute approximate surface area is 288 Å². The number of hydrogen-bond donors (Lipinski definition) is 2. The van der Waals surface area contributed by atoms with E-state index in [1.165, 1.54) is 41.3 Å². The van der Waals surface area contributed by atoms with Crippen molar-refractivity contribution in [3.63, 3.8) is 0 Å². The van der Waals surface area contributed by atoms with Crippen LogP contribution in [-0.4, -0.2) is 36.9 Å². The van der Waals surface area contributed by atoms with Gasteiger partial charge in [-0.25, -0.2) is 18.5 Å². The van der Waals surface area contributed by atoms with Crippen molar-refractivity contribution in [1.29, 1.82) is 0 Å². The number of rotatable bonds is 12. The van der Waals surface area contributed by atoms with Crippen molar-refractivity contribution in [3.8, 4) is 5.75 Å². The fourth-order valence-electron chi connectivity index (χ4n) is 5.72. The molecule has 0 unspecified atom stereocenters. The molecule has 1 fully saturated rings. The number of carbonyl (C=O) groups excluding carboxylic acids is 2. The molecule has 5 rings (SSSR count). The van der Waals surface area contributed by atoms with Gasteiger partial charge in [-0.1, -0.05) is 75.4 Å². The van der Waals surface area contributed by atoms with Crippen LogP contribution in [0.2, 0.25) is 18.1 Å². The van der Waals surface area contributed by atoms with Crippen LogP contribution in [0.1, 0.15) is 68.5 Å². The number of imide groups is 1. The van der Waals surface area contributed by atoms with Crippen LogP contribution in [0.25, 0.3) is 0 Å². The lowest BCUT2D eigenvalue weighted by molar-refractivity contribution is -0.134. The highest BCUT2D eigenvalue weighted by molar-refractivity contribution is 6.74. The molecule has 1 aliphatic rings. The molecule has 0 aromatic heterocycles. The second kappa shape index (κ2) is 14.9. The molecule has 0 bridgehead atoms. The van der Waals surface area contributed by atoms with E-state index < -0.39 is 56.1 Å². The molecule has 49 heavy (non-hydrogen) atoms. The Balaban J connectivity index is 1.54. The molecule has 0 radical (unpaired) electrons. The SMILES string of the molecule is CC(C)(C)[Si](C)(C)Oc1ccc([C@@H](Nc2ccc(F)cc2)[C@@H](CC[C@H](O)c2ccc(F)cc2)C(=O)N2C(=O)OC[C@@H]2c2ccccc2)cc1. The quantitative estimate of drug-likeness (QED) is 0.145. The van der Waals surface area contributed by atoms with Crippen LogP contribution in [0.4, 0.5) is 19.3 Å². The molecule has 0 aliphatic carbocycles. The third-order valence-electron chi connectivity index (χ3n) is 9.61. The fourth-order valence-corrected chi connectivity index (χ4v) is 6.75. The molecule has 4 aromatic rings. The Morgan fingerprint density at radius 3 is 2.06 bits per heavy atom. The molecule has 0 saturated carbocycles. The van der Waals surface area contributed by atoms with E-state index in [2.05, 4.69) is 39.2 Å². The minimum Gasteiger partial charge on any atom is -0.544 e. The molecule has 4 aromatic carbocycles. The molecule has 10 heteroatoms. The number of hydrogen-bond acceptors (Lipinski definition) is 6. The Morgan fingerprint density at radius 1 is 0.898 bits per heavy atom. The number of aliphatic hydroxyl groups is 1. The Hall–Kier alpha value is -4.54. The highest BCUT2D eigenvalue weighted by Crippen LogP contribution is 2.40. The Morgan fingerprint density at radius 2 is 1.47 bits per heavy atom. The van der Waals surface area contributed by atoms with Crippen molar-refractivity contribution < 1.29 is 32.6 Å². The van der Waals surface area contributed by atoms with Crippen molar-refractivity contribution in [1.82, 2.24) is 4.90 Å². The Kier molecular flexibility index (Phi) is 10.9. The first-order valence-corrected chi connectivity index (χ1v) is 19.4. The zero-order valence-electron chi connectivity index (χ0n) is 28.5. The number of amides is 2. The molecule has 1 aliphatic heterocycles. The van der Waals surface area contributed by atoms with Gasteiger partial charge >= 0.3 is 6.09 Å². The maximum absolute atomic E-state index is 14.7. The first kappa shape index (κ1) is 35.8. The molecule has 4 atom stereocenters. The third-order valence-corrected chi connectivity index (χ3v) is 14.0. The normalized spacial score (nSPS) is 16.9. The Bertz CT molecular complexity index is 1710. The molecule has 0 spiro atoms. The van der Waals surface area contributed by atoms with Crippen molar-refractivity contribution in [2.75, 3.05) is 11.9 Å². The summed E-state index contributed by atoms with van der Waals surface area (Å²) in [6.45, 7) is 10.8. The third kappa shape index (κ3) is 8.55. The number of aliphatic hydroxyl groups excluding tert-OH is 1. The molecule has 2 amide bonds. The summed E-state index contributed by atoms with van der Waals surface area (Å²) >= 11 is 0. The molecular formula is C39H44F2N2O5Si. The van der Waals surface area contributed by atoms with Gasteiger partial charge in [0.1, 0.15) is 30.0 Å². The van der Waals surface area contributed by atoms with E-state index in [9.17, 15) is 23.5 Å². The van der Waals surface area contributed by atoms with Gasteiger partial charge in [0.15, 0.2) is 0 Å². The first-order chi connectivity index (χ1) is 23.2. The van der Waals surface area contributed by atoms with E-state index in [1.807, 2.05) is 54.6 Å². The number of anilines is 1. The summed E-state index contributed by atoms with van der Waals surface area (Å²) in [5.41, 5.74) is 2.55. The van der Waals surface area contributed by atoms with Crippen LogP contribution in [0, 0.1) is 17.6 Å². The van der Waals surface area contributed by atoms with E-state index in [1.54, 1.807) is 12.1 Å². The van der Waals surface area contributed by atoms with Crippen LogP contribution in [0.15, 0.2) is 103 Å². The standard InChI is InChI=1S/C39H44F2N2O5Si/c1-39(2,3)49(4,5)48-32-21-13-28(14-22-32)36(42-31-19-17-30(41)18-20-31)33(23-24-35(44)27-11-15-29(40)16-12-27)37(45)43-34(25-47-38(43)46)26-9-7-6-8-10-26/h6-22,33-36,42,44H,23-25H2,1-5H3/t33-,34-,35+,36-/m1/s1. The lowest BCUT2D eigenvalue weighted by atomic mass is 9.85. The maximum atomic E-state index is 14.7. The summed E-state index contributed by atoms with van der Waals surface area (Å²) < 4.78 is 39.5.